The minimum absolute atomic E-state index is 0.800. The first-order valence-electron chi connectivity index (χ1n) is 24.7. The number of carboxylic acids is 1. The van der Waals surface area contributed by atoms with Crippen molar-refractivity contribution < 1.29 is 169 Å². The number of rotatable bonds is 21. The molecule has 79 heavy (non-hydrogen) atoms. The second kappa shape index (κ2) is 27.7. The fourth-order valence-corrected chi connectivity index (χ4v) is 9.90. The van der Waals surface area contributed by atoms with Crippen LogP contribution < -0.4 is 10.6 Å². The monoisotopic (exact) mass is 1160 g/mol. The van der Waals surface area contributed by atoms with E-state index in [0.29, 0.717) is 0 Å². The Morgan fingerprint density at radius 1 is 0.506 bits per heavy atom. The number of aliphatic hydroxyl groups is 19. The fourth-order valence-electron chi connectivity index (χ4n) is 9.90. The minimum atomic E-state index is -3.01. The number of carbonyl (C=O) groups excluding carboxylic acids is 2. The first-order valence-corrected chi connectivity index (χ1v) is 24.7. The van der Waals surface area contributed by atoms with Crippen molar-refractivity contribution in [3.8, 4) is 0 Å². The van der Waals surface area contributed by atoms with Crippen LogP contribution in [0, 0.1) is 0 Å². The smallest absolute Gasteiger partial charge is 0.364 e. The maximum Gasteiger partial charge on any atom is 0.364 e. The molecule has 0 radical (unpaired) electrons. The molecule has 0 spiro atoms. The molecular formula is C43H72N2O34. The van der Waals surface area contributed by atoms with Crippen LogP contribution in [0.25, 0.3) is 0 Å². The van der Waals surface area contributed by atoms with E-state index in [4.69, 9.17) is 52.1 Å². The van der Waals surface area contributed by atoms with E-state index in [1.165, 1.54) is 0 Å². The summed E-state index contributed by atoms with van der Waals surface area (Å²) in [5.41, 5.74) is 0. The van der Waals surface area contributed by atoms with E-state index in [0.717, 1.165) is 13.8 Å². The zero-order valence-electron chi connectivity index (χ0n) is 41.9. The first kappa shape index (κ1) is 65.4. The van der Waals surface area contributed by atoms with E-state index in [1.807, 2.05) is 0 Å². The predicted octanol–water partition coefficient (Wildman–Crippen LogP) is -14.6. The molecule has 0 saturated carbocycles. The maximum absolute atomic E-state index is 12.8. The van der Waals surface area contributed by atoms with Gasteiger partial charge in [-0.1, -0.05) is 0 Å². The minimum Gasteiger partial charge on any atom is -0.477 e. The van der Waals surface area contributed by atoms with E-state index in [9.17, 15) is 117 Å². The number of carbonyl (C=O) groups is 3. The fraction of sp³-hybridized carbons (Fsp3) is 0.930. The van der Waals surface area contributed by atoms with Crippen LogP contribution in [-0.2, 0) is 66.5 Å². The number of carboxylic acid groups (broad SMARTS) is 1. The van der Waals surface area contributed by atoms with Gasteiger partial charge in [0.25, 0.3) is 5.79 Å². The molecule has 6 aliphatic rings. The molecule has 6 fully saturated rings. The van der Waals surface area contributed by atoms with Gasteiger partial charge < -0.3 is 165 Å². The van der Waals surface area contributed by atoms with Crippen molar-refractivity contribution in [2.45, 2.75) is 210 Å². The van der Waals surface area contributed by atoms with Crippen molar-refractivity contribution in [1.82, 2.24) is 10.6 Å². The molecular weight excluding hydrogens is 1090 g/mol. The Balaban J connectivity index is 1.23. The number of aliphatic carboxylic acids is 1. The normalized spacial score (nSPS) is 47.7. The lowest BCUT2D eigenvalue weighted by Gasteiger charge is -2.50. The Morgan fingerprint density at radius 3 is 1.44 bits per heavy atom. The van der Waals surface area contributed by atoms with Crippen LogP contribution >= 0.6 is 0 Å². The molecule has 0 aromatic rings. The molecule has 6 aliphatic heterocycles. The molecule has 0 bridgehead atoms. The summed E-state index contributed by atoms with van der Waals surface area (Å²) in [5.74, 6) is -6.74. The number of amides is 2. The van der Waals surface area contributed by atoms with Crippen molar-refractivity contribution in [3.63, 3.8) is 0 Å². The van der Waals surface area contributed by atoms with Gasteiger partial charge in [0.05, 0.1) is 51.8 Å². The number of nitrogens with one attached hydrogen (secondary N) is 2. The van der Waals surface area contributed by atoms with E-state index in [2.05, 4.69) is 10.6 Å². The van der Waals surface area contributed by atoms with Crippen LogP contribution in [0.1, 0.15) is 20.3 Å². The Hall–Kier alpha value is -2.79. The molecule has 6 saturated heterocycles. The van der Waals surface area contributed by atoms with E-state index in [1.54, 1.807) is 0 Å². The third-order valence-corrected chi connectivity index (χ3v) is 14.2. The molecule has 36 nitrogen and oxygen atoms in total. The second-order valence-corrected chi connectivity index (χ2v) is 19.7. The lowest BCUT2D eigenvalue weighted by atomic mass is 9.88. The largest absolute Gasteiger partial charge is 0.477 e. The summed E-state index contributed by atoms with van der Waals surface area (Å²) in [7, 11) is 0. The quantitative estimate of drug-likeness (QED) is 0.0507. The van der Waals surface area contributed by atoms with Gasteiger partial charge in [0.15, 0.2) is 31.5 Å². The Bertz CT molecular complexity index is 1970. The van der Waals surface area contributed by atoms with Gasteiger partial charge >= 0.3 is 5.97 Å². The van der Waals surface area contributed by atoms with Gasteiger partial charge in [0.1, 0.15) is 140 Å². The van der Waals surface area contributed by atoms with Gasteiger partial charge in [-0.15, -0.1) is 0 Å². The molecule has 0 aromatic carbocycles. The number of hydrogen-bond donors (Lipinski definition) is 22. The Kier molecular flexibility index (Phi) is 22.9. The molecule has 0 unspecified atom stereocenters. The van der Waals surface area contributed by atoms with Gasteiger partial charge in [-0.3, -0.25) is 9.59 Å². The third-order valence-electron chi connectivity index (χ3n) is 14.2. The molecule has 36 heteroatoms. The van der Waals surface area contributed by atoms with E-state index < -0.39 is 254 Å². The lowest BCUT2D eigenvalue weighted by molar-refractivity contribution is -0.389. The van der Waals surface area contributed by atoms with Crippen LogP contribution in [0.2, 0.25) is 0 Å². The van der Waals surface area contributed by atoms with E-state index in [-0.39, 0.29) is 0 Å². The number of ether oxygens (including phenoxy) is 11. The zero-order valence-corrected chi connectivity index (χ0v) is 41.9. The van der Waals surface area contributed by atoms with Gasteiger partial charge in [0, 0.05) is 20.3 Å². The predicted molar refractivity (Wildman–Crippen MR) is 240 cm³/mol. The van der Waals surface area contributed by atoms with Gasteiger partial charge in [-0.25, -0.2) is 4.79 Å². The van der Waals surface area contributed by atoms with Crippen molar-refractivity contribution in [1.29, 1.82) is 0 Å². The molecule has 458 valence electrons. The van der Waals surface area contributed by atoms with Gasteiger partial charge in [0.2, 0.25) is 11.8 Å². The first-order chi connectivity index (χ1) is 37.2. The van der Waals surface area contributed by atoms with Crippen LogP contribution in [0.4, 0.5) is 0 Å². The van der Waals surface area contributed by atoms with Gasteiger partial charge in [-0.2, -0.15) is 0 Å². The Morgan fingerprint density at radius 2 is 0.949 bits per heavy atom. The highest BCUT2D eigenvalue weighted by Crippen LogP contribution is 2.38. The number of hydrogen-bond acceptors (Lipinski definition) is 33. The number of aliphatic hydroxyl groups excluding tert-OH is 19. The zero-order chi connectivity index (χ0) is 58.7. The average Bonchev–Trinajstić information content (AvgIpc) is 3.55. The highest BCUT2D eigenvalue weighted by Gasteiger charge is 2.60. The molecule has 2 amide bonds. The molecule has 6 heterocycles. The summed E-state index contributed by atoms with van der Waals surface area (Å²) in [4.78, 5) is 37.6. The van der Waals surface area contributed by atoms with Crippen LogP contribution in [0.5, 0.6) is 0 Å². The van der Waals surface area contributed by atoms with Crippen LogP contribution in [-0.4, -0.2) is 349 Å². The Labute approximate surface area is 446 Å². The summed E-state index contributed by atoms with van der Waals surface area (Å²) in [6.07, 6.45) is -58.0. The summed E-state index contributed by atoms with van der Waals surface area (Å²) < 4.78 is 62.0. The van der Waals surface area contributed by atoms with E-state index >= 15 is 0 Å². The highest BCUT2D eigenvalue weighted by atomic mass is 16.8. The topological polar surface area (TPSA) is 581 Å². The third kappa shape index (κ3) is 14.1. The summed E-state index contributed by atoms with van der Waals surface area (Å²) in [6.45, 7) is -4.43. The molecule has 31 atom stereocenters. The summed E-state index contributed by atoms with van der Waals surface area (Å²) >= 11 is 0. The van der Waals surface area contributed by atoms with Crippen molar-refractivity contribution in [3.05, 3.63) is 0 Å². The second-order valence-electron chi connectivity index (χ2n) is 19.7. The van der Waals surface area contributed by atoms with Crippen LogP contribution in [0.3, 0.4) is 0 Å². The van der Waals surface area contributed by atoms with Crippen LogP contribution in [0.15, 0.2) is 0 Å². The molecule has 6 rings (SSSR count). The molecule has 22 N–H and O–H groups in total. The average molecular weight is 1160 g/mol. The SMILES string of the molecule is CC(=O)N[C@H]1[C@H](O[C@H]2[C@@H](O)[C@@H](CO)O[C@H](O[C@H]3[C@@H](O)[C@@H](CO)O[C@@H](O[C@H]4[C@H](O)[C@@H](O)[C@H](O)O[C@@H]4CO)[C@@H]3O)[C@@H]2O)O[C@H](CO)[C@H](O)[C@@H]1O[C@@H]1O[C@H](CO[C@]2(C(=O)O)C[C@H](O)[C@@H](NC(C)=O)[C@H]([C@H](O)[C@H](O)CO)O2)[C@H](O)[C@H](O)[C@H]1O. The van der Waals surface area contributed by atoms with Crippen molar-refractivity contribution in [2.24, 2.45) is 0 Å². The van der Waals surface area contributed by atoms with Gasteiger partial charge in [-0.05, 0) is 0 Å². The molecule has 0 aromatic heterocycles. The van der Waals surface area contributed by atoms with Crippen molar-refractivity contribution in [2.75, 3.05) is 39.6 Å². The summed E-state index contributed by atoms with van der Waals surface area (Å²) in [6, 6.07) is -3.50. The standard InChI is InChI=1S/C43H72N2O34/c1-10(51)44-19-12(53)3-43(42(67)68,79-34(19)21(55)13(54)4-46)69-9-18-22(56)26(60)29(63)39(74-18)76-33-20(45-11(2)52)38(71-14(5-47)23(33)57)77-35-24(58)15(6-48)73-41(30(35)64)78-36-25(59)16(7-49)72-40(31(36)65)75-32-17(8-50)70-37(66)28(62)27(32)61/h12-41,46-50,53-66H,3-9H2,1-2H3,(H,44,51)(H,45,52)(H,67,68)/t12-,13+,14+,15+,16+,17+,18+,19+,20+,21+,22-,23-,24-,25-,26-,27+,28+,29+,30+,31+,32+,33+,34+,35-,36-,37+,38-,39-,40-,41+,43+/m0/s1. The molecule has 0 aliphatic carbocycles. The lowest BCUT2D eigenvalue weighted by Crippen LogP contribution is -2.70. The maximum atomic E-state index is 12.8. The van der Waals surface area contributed by atoms with Crippen molar-refractivity contribution >= 4 is 17.8 Å². The summed E-state index contributed by atoms with van der Waals surface area (Å²) in [5, 5.41) is 218. The highest BCUT2D eigenvalue weighted by molar-refractivity contribution is 5.76.